The zero-order valence-corrected chi connectivity index (χ0v) is 21.2. The summed E-state index contributed by atoms with van der Waals surface area (Å²) in [6.45, 7) is 2.15. The molecule has 1 aliphatic carbocycles. The number of ether oxygens (including phenoxy) is 2. The topological polar surface area (TPSA) is 93.0 Å². The van der Waals surface area contributed by atoms with E-state index in [9.17, 15) is 9.59 Å². The number of carbonyl (C=O) groups excluding carboxylic acids is 2. The number of fused-ring (bicyclic) bond motifs is 1. The van der Waals surface area contributed by atoms with Gasteiger partial charge in [-0.15, -0.1) is 0 Å². The normalized spacial score (nSPS) is 18.5. The van der Waals surface area contributed by atoms with E-state index < -0.39 is 6.17 Å². The standard InChI is InChI=1S/C30H29N3O5/c1-20(34)31-23-12-14-24(15-13-23)38-19-22-10-9-21(11-16-28(22)36-2)29-32-27-8-4-3-7-26(27)30(35)33(29)18-25-6-5-17-37-25/h3-17,22,29,32H,18-19H2,1-2H3,(H,31,34). The molecule has 8 heteroatoms. The van der Waals surface area contributed by atoms with Gasteiger partial charge in [-0.3, -0.25) is 9.59 Å². The van der Waals surface area contributed by atoms with E-state index in [2.05, 4.69) is 10.6 Å². The Morgan fingerprint density at radius 3 is 2.63 bits per heavy atom. The van der Waals surface area contributed by atoms with E-state index in [1.165, 1.54) is 6.92 Å². The van der Waals surface area contributed by atoms with E-state index in [-0.39, 0.29) is 17.7 Å². The fourth-order valence-corrected chi connectivity index (χ4v) is 4.53. The lowest BCUT2D eigenvalue weighted by atomic mass is 10.0. The molecule has 1 aliphatic heterocycles. The summed E-state index contributed by atoms with van der Waals surface area (Å²) in [7, 11) is 1.63. The van der Waals surface area contributed by atoms with Crippen molar-refractivity contribution in [2.75, 3.05) is 24.4 Å². The Kier molecular flexibility index (Phi) is 7.31. The average molecular weight is 512 g/mol. The Hall–Kier alpha value is -4.72. The SMILES string of the molecule is COC1=CC=C(C2Nc3ccccc3C(=O)N2Cc2ccco2)C=CC1COc1ccc(NC(C)=O)cc1. The maximum atomic E-state index is 13.5. The zero-order valence-electron chi connectivity index (χ0n) is 21.2. The summed E-state index contributed by atoms with van der Waals surface area (Å²) in [5.74, 6) is 1.78. The fraction of sp³-hybridized carbons (Fsp3) is 0.200. The fourth-order valence-electron chi connectivity index (χ4n) is 4.53. The molecule has 2 aromatic carbocycles. The second-order valence-electron chi connectivity index (χ2n) is 9.03. The summed E-state index contributed by atoms with van der Waals surface area (Å²) in [5.41, 5.74) is 3.02. The number of methoxy groups -OCH3 is 1. The zero-order chi connectivity index (χ0) is 26.5. The van der Waals surface area contributed by atoms with Crippen molar-refractivity contribution in [3.8, 4) is 5.75 Å². The summed E-state index contributed by atoms with van der Waals surface area (Å²) in [5, 5.41) is 6.27. The van der Waals surface area contributed by atoms with Crippen LogP contribution in [0, 0.1) is 5.92 Å². The minimum absolute atomic E-state index is 0.0714. The molecule has 0 saturated heterocycles. The van der Waals surface area contributed by atoms with Crippen molar-refractivity contribution in [2.24, 2.45) is 5.92 Å². The first-order valence-corrected chi connectivity index (χ1v) is 12.3. The Bertz CT molecular complexity index is 1390. The van der Waals surface area contributed by atoms with Gasteiger partial charge < -0.3 is 29.4 Å². The minimum atomic E-state index is -0.408. The van der Waals surface area contributed by atoms with Crippen LogP contribution in [0.3, 0.4) is 0 Å². The first kappa shape index (κ1) is 25.0. The minimum Gasteiger partial charge on any atom is -0.500 e. The lowest BCUT2D eigenvalue weighted by Crippen LogP contribution is -2.49. The molecule has 2 heterocycles. The van der Waals surface area contributed by atoms with Gasteiger partial charge in [0.05, 0.1) is 31.4 Å². The number of amides is 2. The summed E-state index contributed by atoms with van der Waals surface area (Å²) in [6.07, 6.45) is 9.11. The van der Waals surface area contributed by atoms with Crippen LogP contribution in [0.5, 0.6) is 5.75 Å². The van der Waals surface area contributed by atoms with Gasteiger partial charge in [0.2, 0.25) is 5.91 Å². The quantitative estimate of drug-likeness (QED) is 0.423. The molecule has 2 N–H and O–H groups in total. The van der Waals surface area contributed by atoms with Crippen LogP contribution >= 0.6 is 0 Å². The van der Waals surface area contributed by atoms with Gasteiger partial charge in [-0.05, 0) is 60.2 Å². The van der Waals surface area contributed by atoms with Crippen molar-refractivity contribution in [1.29, 1.82) is 0 Å². The van der Waals surface area contributed by atoms with Crippen LogP contribution in [0.4, 0.5) is 11.4 Å². The first-order chi connectivity index (χ1) is 18.5. The predicted octanol–water partition coefficient (Wildman–Crippen LogP) is 5.35. The summed E-state index contributed by atoms with van der Waals surface area (Å²) < 4.78 is 17.3. The number of hydrogen-bond donors (Lipinski definition) is 2. The molecule has 1 aromatic heterocycles. The van der Waals surface area contributed by atoms with Gasteiger partial charge in [-0.2, -0.15) is 0 Å². The van der Waals surface area contributed by atoms with Crippen LogP contribution in [0.25, 0.3) is 0 Å². The van der Waals surface area contributed by atoms with E-state index in [0.29, 0.717) is 35.9 Å². The number of allylic oxidation sites excluding steroid dienone is 2. The molecule has 3 aromatic rings. The third-order valence-corrected chi connectivity index (χ3v) is 6.41. The van der Waals surface area contributed by atoms with Crippen LogP contribution in [-0.4, -0.2) is 36.6 Å². The Morgan fingerprint density at radius 1 is 1.08 bits per heavy atom. The third-order valence-electron chi connectivity index (χ3n) is 6.41. The second kappa shape index (κ2) is 11.1. The average Bonchev–Trinajstić information content (AvgIpc) is 3.35. The number of nitrogens with one attached hydrogen (secondary N) is 2. The van der Waals surface area contributed by atoms with Gasteiger partial charge >= 0.3 is 0 Å². The molecule has 0 fully saturated rings. The molecule has 2 unspecified atom stereocenters. The molecule has 0 radical (unpaired) electrons. The molecule has 38 heavy (non-hydrogen) atoms. The molecule has 2 atom stereocenters. The molecule has 5 rings (SSSR count). The van der Waals surface area contributed by atoms with Gasteiger partial charge in [0.1, 0.15) is 30.0 Å². The van der Waals surface area contributed by atoms with Crippen LogP contribution in [0.1, 0.15) is 23.0 Å². The maximum Gasteiger partial charge on any atom is 0.258 e. The van der Waals surface area contributed by atoms with Crippen molar-refractivity contribution in [1.82, 2.24) is 4.90 Å². The number of hydrogen-bond acceptors (Lipinski definition) is 6. The van der Waals surface area contributed by atoms with E-state index >= 15 is 0 Å². The highest BCUT2D eigenvalue weighted by Gasteiger charge is 2.34. The highest BCUT2D eigenvalue weighted by atomic mass is 16.5. The maximum absolute atomic E-state index is 13.5. The van der Waals surface area contributed by atoms with Crippen LogP contribution < -0.4 is 15.4 Å². The van der Waals surface area contributed by atoms with Crippen molar-refractivity contribution in [3.05, 3.63) is 114 Å². The molecular formula is C30H29N3O5. The van der Waals surface area contributed by atoms with Gasteiger partial charge in [-0.1, -0.05) is 30.4 Å². The highest BCUT2D eigenvalue weighted by molar-refractivity contribution is 6.02. The number of para-hydroxylation sites is 1. The number of anilines is 2. The molecular weight excluding hydrogens is 482 g/mol. The number of rotatable bonds is 8. The largest absolute Gasteiger partial charge is 0.500 e. The van der Waals surface area contributed by atoms with E-state index in [4.69, 9.17) is 13.9 Å². The Morgan fingerprint density at radius 2 is 1.89 bits per heavy atom. The lowest BCUT2D eigenvalue weighted by Gasteiger charge is -2.38. The molecule has 2 aliphatic rings. The van der Waals surface area contributed by atoms with E-state index in [1.54, 1.807) is 30.4 Å². The molecule has 8 nitrogen and oxygen atoms in total. The summed E-state index contributed by atoms with van der Waals surface area (Å²) in [6, 6.07) is 18.4. The lowest BCUT2D eigenvalue weighted by molar-refractivity contribution is -0.114. The summed E-state index contributed by atoms with van der Waals surface area (Å²) in [4.78, 5) is 26.5. The predicted molar refractivity (Wildman–Crippen MR) is 144 cm³/mol. The van der Waals surface area contributed by atoms with E-state index in [0.717, 1.165) is 17.0 Å². The molecule has 0 saturated carbocycles. The van der Waals surface area contributed by atoms with Crippen molar-refractivity contribution in [3.63, 3.8) is 0 Å². The molecule has 0 bridgehead atoms. The van der Waals surface area contributed by atoms with Crippen LogP contribution in [0.2, 0.25) is 0 Å². The van der Waals surface area contributed by atoms with Gasteiger partial charge in [0.25, 0.3) is 5.91 Å². The Labute approximate surface area is 221 Å². The van der Waals surface area contributed by atoms with E-state index in [1.807, 2.05) is 72.8 Å². The third kappa shape index (κ3) is 5.49. The smallest absolute Gasteiger partial charge is 0.258 e. The number of nitrogens with zero attached hydrogens (tertiary/aromatic N) is 1. The Balaban J connectivity index is 1.35. The van der Waals surface area contributed by atoms with Gasteiger partial charge in [-0.25, -0.2) is 0 Å². The van der Waals surface area contributed by atoms with Gasteiger partial charge in [0.15, 0.2) is 0 Å². The monoisotopic (exact) mass is 511 g/mol. The second-order valence-corrected chi connectivity index (χ2v) is 9.03. The molecule has 194 valence electrons. The van der Waals surface area contributed by atoms with Gasteiger partial charge in [0, 0.05) is 18.3 Å². The van der Waals surface area contributed by atoms with Crippen molar-refractivity contribution < 1.29 is 23.5 Å². The van der Waals surface area contributed by atoms with Crippen LogP contribution in [0.15, 0.2) is 107 Å². The van der Waals surface area contributed by atoms with Crippen LogP contribution in [-0.2, 0) is 16.1 Å². The number of benzene rings is 2. The first-order valence-electron chi connectivity index (χ1n) is 12.3. The number of carbonyl (C=O) groups is 2. The summed E-state index contributed by atoms with van der Waals surface area (Å²) >= 11 is 0. The molecule has 2 amide bonds. The van der Waals surface area contributed by atoms with Crippen molar-refractivity contribution >= 4 is 23.2 Å². The van der Waals surface area contributed by atoms with Crippen molar-refractivity contribution in [2.45, 2.75) is 19.6 Å². The molecule has 0 spiro atoms. The number of furan rings is 1. The highest BCUT2D eigenvalue weighted by Crippen LogP contribution is 2.32.